The number of carbonyl (C=O) groups excluding carboxylic acids is 2. The van der Waals surface area contributed by atoms with E-state index < -0.39 is 17.8 Å². The first-order valence-corrected chi connectivity index (χ1v) is 8.01. The predicted octanol–water partition coefficient (Wildman–Crippen LogP) is 3.54. The van der Waals surface area contributed by atoms with Crippen LogP contribution in [0.1, 0.15) is 12.0 Å². The number of hydrogen-bond acceptors (Lipinski definition) is 4. The minimum Gasteiger partial charge on any atom is -0.495 e. The maximum atomic E-state index is 13.3. The third kappa shape index (κ3) is 3.30. The summed E-state index contributed by atoms with van der Waals surface area (Å²) in [6, 6.07) is 8.18. The van der Waals surface area contributed by atoms with Gasteiger partial charge >= 0.3 is 0 Å². The van der Waals surface area contributed by atoms with Crippen molar-refractivity contribution in [3.05, 3.63) is 52.8 Å². The summed E-state index contributed by atoms with van der Waals surface area (Å²) in [5, 5.41) is 3.39. The maximum Gasteiger partial charge on any atom is 0.256 e. The SMILES string of the molecule is COc1cc(Cl)c(C)cc1N1C(=O)C[C@@H](Nc2cccc(F)c2)C1=O. The van der Waals surface area contributed by atoms with Crippen LogP contribution < -0.4 is 15.0 Å². The summed E-state index contributed by atoms with van der Waals surface area (Å²) in [5.74, 6) is -0.870. The zero-order valence-electron chi connectivity index (χ0n) is 13.7. The van der Waals surface area contributed by atoms with Gasteiger partial charge in [-0.25, -0.2) is 9.29 Å². The fraction of sp³-hybridized carbons (Fsp3) is 0.222. The van der Waals surface area contributed by atoms with Gasteiger partial charge in [-0.1, -0.05) is 17.7 Å². The molecule has 0 aliphatic carbocycles. The van der Waals surface area contributed by atoms with Crippen molar-refractivity contribution in [1.29, 1.82) is 0 Å². The van der Waals surface area contributed by atoms with Crippen LogP contribution in [-0.4, -0.2) is 25.0 Å². The first-order valence-electron chi connectivity index (χ1n) is 7.63. The van der Waals surface area contributed by atoms with Gasteiger partial charge in [-0.05, 0) is 36.8 Å². The molecule has 0 saturated carbocycles. The van der Waals surface area contributed by atoms with E-state index in [4.69, 9.17) is 16.3 Å². The molecular formula is C18H16ClFN2O3. The molecule has 0 unspecified atom stereocenters. The summed E-state index contributed by atoms with van der Waals surface area (Å²) >= 11 is 6.08. The molecule has 25 heavy (non-hydrogen) atoms. The summed E-state index contributed by atoms with van der Waals surface area (Å²) in [6.45, 7) is 1.78. The number of amides is 2. The van der Waals surface area contributed by atoms with Gasteiger partial charge in [0.1, 0.15) is 17.6 Å². The molecular weight excluding hydrogens is 347 g/mol. The lowest BCUT2D eigenvalue weighted by molar-refractivity contribution is -0.121. The minimum atomic E-state index is -0.769. The molecule has 2 aromatic carbocycles. The van der Waals surface area contributed by atoms with Gasteiger partial charge in [-0.2, -0.15) is 0 Å². The first kappa shape index (κ1) is 17.2. The zero-order chi connectivity index (χ0) is 18.1. The van der Waals surface area contributed by atoms with E-state index in [1.165, 1.54) is 25.3 Å². The molecule has 7 heteroatoms. The Bertz CT molecular complexity index is 856. The summed E-state index contributed by atoms with van der Waals surface area (Å²) < 4.78 is 18.6. The molecule has 1 aliphatic heterocycles. The minimum absolute atomic E-state index is 0.0276. The molecule has 130 valence electrons. The van der Waals surface area contributed by atoms with E-state index in [-0.39, 0.29) is 12.3 Å². The molecule has 1 heterocycles. The van der Waals surface area contributed by atoms with Crippen LogP contribution in [0.25, 0.3) is 0 Å². The van der Waals surface area contributed by atoms with Crippen LogP contribution in [0.15, 0.2) is 36.4 Å². The molecule has 1 fully saturated rings. The van der Waals surface area contributed by atoms with Crippen LogP contribution in [0, 0.1) is 12.7 Å². The fourth-order valence-electron chi connectivity index (χ4n) is 2.76. The van der Waals surface area contributed by atoms with Crippen LogP contribution in [0.5, 0.6) is 5.75 Å². The lowest BCUT2D eigenvalue weighted by Crippen LogP contribution is -2.35. The molecule has 2 amide bonds. The molecule has 5 nitrogen and oxygen atoms in total. The number of nitrogens with zero attached hydrogens (tertiary/aromatic N) is 1. The van der Waals surface area contributed by atoms with Crippen LogP contribution in [-0.2, 0) is 9.59 Å². The number of anilines is 2. The topological polar surface area (TPSA) is 58.6 Å². The normalized spacial score (nSPS) is 17.1. The first-order chi connectivity index (χ1) is 11.9. The molecule has 2 aromatic rings. The predicted molar refractivity (Wildman–Crippen MR) is 93.7 cm³/mol. The number of imide groups is 1. The molecule has 1 aliphatic rings. The number of nitrogens with one attached hydrogen (secondary N) is 1. The second-order valence-electron chi connectivity index (χ2n) is 5.75. The number of rotatable bonds is 4. The number of benzene rings is 2. The van der Waals surface area contributed by atoms with Gasteiger partial charge in [0.2, 0.25) is 5.91 Å². The van der Waals surface area contributed by atoms with Crippen LogP contribution in [0.3, 0.4) is 0 Å². The summed E-state index contributed by atoms with van der Waals surface area (Å²) in [7, 11) is 1.44. The smallest absolute Gasteiger partial charge is 0.256 e. The van der Waals surface area contributed by atoms with Crippen molar-refractivity contribution in [1.82, 2.24) is 0 Å². The van der Waals surface area contributed by atoms with E-state index in [1.54, 1.807) is 25.1 Å². The maximum absolute atomic E-state index is 13.3. The Morgan fingerprint density at radius 3 is 2.72 bits per heavy atom. The number of aryl methyl sites for hydroxylation is 1. The Labute approximate surface area is 149 Å². The van der Waals surface area contributed by atoms with Crippen molar-refractivity contribution in [2.45, 2.75) is 19.4 Å². The van der Waals surface area contributed by atoms with Crippen molar-refractivity contribution in [3.8, 4) is 5.75 Å². The van der Waals surface area contributed by atoms with Crippen LogP contribution in [0.4, 0.5) is 15.8 Å². The number of hydrogen-bond donors (Lipinski definition) is 1. The molecule has 0 spiro atoms. The van der Waals surface area contributed by atoms with Crippen molar-refractivity contribution in [3.63, 3.8) is 0 Å². The Kier molecular flexibility index (Phi) is 4.63. The van der Waals surface area contributed by atoms with Gasteiger partial charge < -0.3 is 10.1 Å². The average Bonchev–Trinajstić information content (AvgIpc) is 2.83. The van der Waals surface area contributed by atoms with Crippen molar-refractivity contribution in [2.75, 3.05) is 17.3 Å². The summed E-state index contributed by atoms with van der Waals surface area (Å²) in [6.07, 6.45) is -0.0276. The highest BCUT2D eigenvalue weighted by atomic mass is 35.5. The van der Waals surface area contributed by atoms with Crippen molar-refractivity contribution >= 4 is 34.8 Å². The molecule has 0 aromatic heterocycles. The third-order valence-electron chi connectivity index (χ3n) is 4.01. The second-order valence-corrected chi connectivity index (χ2v) is 6.16. The lowest BCUT2D eigenvalue weighted by atomic mass is 10.2. The van der Waals surface area contributed by atoms with Gasteiger partial charge in [0.05, 0.1) is 19.2 Å². The summed E-state index contributed by atoms with van der Waals surface area (Å²) in [4.78, 5) is 26.2. The zero-order valence-corrected chi connectivity index (χ0v) is 14.4. The van der Waals surface area contributed by atoms with Gasteiger partial charge in [-0.15, -0.1) is 0 Å². The standard InChI is InChI=1S/C18H16ClFN2O3/c1-10-6-15(16(25-2)8-13(10)19)22-17(23)9-14(18(22)24)21-12-5-3-4-11(20)7-12/h3-8,14,21H,9H2,1-2H3/t14-/m1/s1. The number of methoxy groups -OCH3 is 1. The molecule has 0 bridgehead atoms. The lowest BCUT2D eigenvalue weighted by Gasteiger charge is -2.19. The number of ether oxygens (including phenoxy) is 1. The Hall–Kier alpha value is -2.60. The molecule has 0 radical (unpaired) electrons. The molecule has 1 atom stereocenters. The van der Waals surface area contributed by atoms with Crippen LogP contribution in [0.2, 0.25) is 5.02 Å². The van der Waals surface area contributed by atoms with Crippen LogP contribution >= 0.6 is 11.6 Å². The van der Waals surface area contributed by atoms with E-state index in [0.717, 1.165) is 10.5 Å². The quantitative estimate of drug-likeness (QED) is 0.845. The fourth-order valence-corrected chi connectivity index (χ4v) is 2.92. The second kappa shape index (κ2) is 6.72. The highest BCUT2D eigenvalue weighted by Crippen LogP contribution is 2.36. The van der Waals surface area contributed by atoms with Gasteiger partial charge in [0.25, 0.3) is 5.91 Å². The largest absolute Gasteiger partial charge is 0.495 e. The number of halogens is 2. The van der Waals surface area contributed by atoms with Crippen molar-refractivity contribution in [2.24, 2.45) is 0 Å². The Morgan fingerprint density at radius 2 is 2.04 bits per heavy atom. The Balaban J connectivity index is 1.91. The highest BCUT2D eigenvalue weighted by molar-refractivity contribution is 6.32. The monoisotopic (exact) mass is 362 g/mol. The molecule has 1 saturated heterocycles. The average molecular weight is 363 g/mol. The van der Waals surface area contributed by atoms with E-state index in [1.807, 2.05) is 0 Å². The van der Waals surface area contributed by atoms with E-state index in [0.29, 0.717) is 22.1 Å². The van der Waals surface area contributed by atoms with Gasteiger partial charge in [-0.3, -0.25) is 9.59 Å². The molecule has 1 N–H and O–H groups in total. The Morgan fingerprint density at radius 1 is 1.28 bits per heavy atom. The third-order valence-corrected chi connectivity index (χ3v) is 4.42. The van der Waals surface area contributed by atoms with Crippen molar-refractivity contribution < 1.29 is 18.7 Å². The van der Waals surface area contributed by atoms with E-state index in [9.17, 15) is 14.0 Å². The summed E-state index contributed by atoms with van der Waals surface area (Å²) in [5.41, 5.74) is 1.51. The molecule has 3 rings (SSSR count). The van der Waals surface area contributed by atoms with E-state index >= 15 is 0 Å². The van der Waals surface area contributed by atoms with E-state index in [2.05, 4.69) is 5.32 Å². The highest BCUT2D eigenvalue weighted by Gasteiger charge is 2.41. The van der Waals surface area contributed by atoms with Gasteiger partial charge in [0.15, 0.2) is 0 Å². The number of carbonyl (C=O) groups is 2. The van der Waals surface area contributed by atoms with Gasteiger partial charge in [0, 0.05) is 16.8 Å².